The number of carbonyl (C=O) groups excluding carboxylic acids is 1. The molecule has 2 aliphatic rings. The Hall–Kier alpha value is -3.09. The van der Waals surface area contributed by atoms with Crippen LogP contribution in [-0.4, -0.2) is 48.9 Å². The highest BCUT2D eigenvalue weighted by Gasteiger charge is 2.47. The molecule has 1 heterocycles. The van der Waals surface area contributed by atoms with Gasteiger partial charge in [-0.25, -0.2) is 0 Å². The smallest absolute Gasteiger partial charge is 0.231 e. The Kier molecular flexibility index (Phi) is 7.16. The summed E-state index contributed by atoms with van der Waals surface area (Å²) in [5.41, 5.74) is 2.03. The van der Waals surface area contributed by atoms with Crippen molar-refractivity contribution in [1.29, 1.82) is 0 Å². The van der Waals surface area contributed by atoms with Crippen molar-refractivity contribution in [1.82, 2.24) is 10.2 Å². The number of aromatic hydroxyl groups is 1. The van der Waals surface area contributed by atoms with Crippen molar-refractivity contribution in [3.8, 4) is 11.5 Å². The highest BCUT2D eigenvalue weighted by atomic mass is 16.5. The van der Waals surface area contributed by atoms with Crippen LogP contribution in [0.15, 0.2) is 66.8 Å². The number of methoxy groups -OCH3 is 2. The molecule has 1 fully saturated rings. The van der Waals surface area contributed by atoms with Gasteiger partial charge in [-0.2, -0.15) is 0 Å². The van der Waals surface area contributed by atoms with Crippen molar-refractivity contribution in [3.05, 3.63) is 77.9 Å². The molecule has 0 radical (unpaired) electrons. The van der Waals surface area contributed by atoms with Crippen LogP contribution in [0.25, 0.3) is 5.57 Å². The number of rotatable bonds is 7. The van der Waals surface area contributed by atoms with Crippen molar-refractivity contribution in [3.63, 3.8) is 0 Å². The third-order valence-corrected chi connectivity index (χ3v) is 6.57. The lowest BCUT2D eigenvalue weighted by Gasteiger charge is -2.47. The number of hydrogen-bond acceptors (Lipinski definition) is 5. The van der Waals surface area contributed by atoms with Gasteiger partial charge in [0.25, 0.3) is 0 Å². The van der Waals surface area contributed by atoms with E-state index in [9.17, 15) is 9.90 Å². The maximum Gasteiger partial charge on any atom is 0.231 e. The lowest BCUT2D eigenvalue weighted by molar-refractivity contribution is -0.155. The first-order valence-electron chi connectivity index (χ1n) is 11.5. The zero-order valence-electron chi connectivity index (χ0n) is 19.3. The highest BCUT2D eigenvalue weighted by Crippen LogP contribution is 2.38. The van der Waals surface area contributed by atoms with Gasteiger partial charge in [0.05, 0.1) is 7.11 Å². The van der Waals surface area contributed by atoms with Crippen molar-refractivity contribution >= 4 is 11.5 Å². The number of allylic oxidation sites excluding steroid dienone is 2. The minimum Gasteiger partial charge on any atom is -0.504 e. The van der Waals surface area contributed by atoms with E-state index in [2.05, 4.69) is 16.3 Å². The van der Waals surface area contributed by atoms with Crippen LogP contribution in [0.3, 0.4) is 0 Å². The van der Waals surface area contributed by atoms with E-state index < -0.39 is 11.6 Å². The molecule has 6 heteroatoms. The number of nitrogens with zero attached hydrogens (tertiary/aromatic N) is 1. The second kappa shape index (κ2) is 10.2. The Balaban J connectivity index is 1.61. The Bertz CT molecular complexity index is 1030. The summed E-state index contributed by atoms with van der Waals surface area (Å²) >= 11 is 0. The molecular weight excluding hydrogens is 416 g/mol. The summed E-state index contributed by atoms with van der Waals surface area (Å²) in [5.74, 6) is -0.180. The maximum absolute atomic E-state index is 13.6. The largest absolute Gasteiger partial charge is 0.504 e. The molecular formula is C27H32N2O4. The van der Waals surface area contributed by atoms with E-state index in [0.29, 0.717) is 12.3 Å². The second-order valence-corrected chi connectivity index (χ2v) is 8.53. The number of likely N-dealkylation sites (tertiary alicyclic amines) is 1. The number of ether oxygens (including phenoxy) is 2. The van der Waals surface area contributed by atoms with Crippen LogP contribution >= 0.6 is 0 Å². The van der Waals surface area contributed by atoms with Gasteiger partial charge in [0.15, 0.2) is 17.2 Å². The minimum absolute atomic E-state index is 0.0515. The SMILES string of the molecule is COc1ccc(CNC(=O)C2C=C(c3ccccc3)C=CC2(OC)N2CCCCC2)cc1O. The van der Waals surface area contributed by atoms with E-state index >= 15 is 0 Å². The Morgan fingerprint density at radius 3 is 2.55 bits per heavy atom. The third-order valence-electron chi connectivity index (χ3n) is 6.57. The van der Waals surface area contributed by atoms with Crippen molar-refractivity contribution < 1.29 is 19.4 Å². The van der Waals surface area contributed by atoms with Gasteiger partial charge in [-0.3, -0.25) is 9.69 Å². The van der Waals surface area contributed by atoms with Gasteiger partial charge in [-0.1, -0.05) is 55.0 Å². The monoisotopic (exact) mass is 448 g/mol. The average Bonchev–Trinajstić information content (AvgIpc) is 2.88. The fourth-order valence-electron chi connectivity index (χ4n) is 4.77. The quantitative estimate of drug-likeness (QED) is 0.667. The van der Waals surface area contributed by atoms with Crippen LogP contribution < -0.4 is 10.1 Å². The van der Waals surface area contributed by atoms with Gasteiger partial charge < -0.3 is 19.9 Å². The number of benzene rings is 2. The summed E-state index contributed by atoms with van der Waals surface area (Å²) in [6.07, 6.45) is 9.52. The van der Waals surface area contributed by atoms with Crippen molar-refractivity contribution in [2.24, 2.45) is 5.92 Å². The fourth-order valence-corrected chi connectivity index (χ4v) is 4.77. The summed E-state index contributed by atoms with van der Waals surface area (Å²) in [6, 6.07) is 15.2. The van der Waals surface area contributed by atoms with E-state index in [-0.39, 0.29) is 11.7 Å². The summed E-state index contributed by atoms with van der Waals surface area (Å²) in [4.78, 5) is 15.9. The van der Waals surface area contributed by atoms with Gasteiger partial charge in [0, 0.05) is 26.7 Å². The molecule has 174 valence electrons. The zero-order valence-corrected chi connectivity index (χ0v) is 19.3. The van der Waals surface area contributed by atoms with Crippen LogP contribution in [0, 0.1) is 5.92 Å². The molecule has 0 aromatic heterocycles. The van der Waals surface area contributed by atoms with Crippen molar-refractivity contribution in [2.45, 2.75) is 31.5 Å². The van der Waals surface area contributed by atoms with E-state index in [1.165, 1.54) is 13.5 Å². The number of amides is 1. The lowest BCUT2D eigenvalue weighted by atomic mass is 9.83. The van der Waals surface area contributed by atoms with E-state index in [1.807, 2.05) is 48.6 Å². The number of carbonyl (C=O) groups is 1. The topological polar surface area (TPSA) is 71.0 Å². The Morgan fingerprint density at radius 2 is 1.88 bits per heavy atom. The number of phenols is 1. The van der Waals surface area contributed by atoms with Crippen LogP contribution in [-0.2, 0) is 16.1 Å². The molecule has 33 heavy (non-hydrogen) atoms. The molecule has 2 unspecified atom stereocenters. The first-order valence-corrected chi connectivity index (χ1v) is 11.5. The predicted octanol–water partition coefficient (Wildman–Crippen LogP) is 4.12. The molecule has 1 amide bonds. The standard InChI is InChI=1S/C27H32N2O4/c1-32-25-12-11-20(17-24(25)30)19-28-26(31)23-18-22(21-9-5-3-6-10-21)13-14-27(23,33-2)29-15-7-4-8-16-29/h3,5-6,9-14,17-18,23,30H,4,7-8,15-16,19H2,1-2H3,(H,28,31). The summed E-state index contributed by atoms with van der Waals surface area (Å²) in [6.45, 7) is 2.08. The molecule has 1 aliphatic carbocycles. The number of phenolic OH excluding ortho intramolecular Hbond substituents is 1. The van der Waals surface area contributed by atoms with Gasteiger partial charge >= 0.3 is 0 Å². The third kappa shape index (κ3) is 4.82. The van der Waals surface area contributed by atoms with Gasteiger partial charge in [0.1, 0.15) is 5.92 Å². The highest BCUT2D eigenvalue weighted by molar-refractivity contribution is 5.88. The van der Waals surface area contributed by atoms with E-state index in [4.69, 9.17) is 9.47 Å². The Labute approximate surface area is 195 Å². The average molecular weight is 449 g/mol. The number of piperidine rings is 1. The normalized spacial score (nSPS) is 23.1. The summed E-state index contributed by atoms with van der Waals surface area (Å²) in [5, 5.41) is 13.1. The van der Waals surface area contributed by atoms with Crippen LogP contribution in [0.4, 0.5) is 0 Å². The van der Waals surface area contributed by atoms with Gasteiger partial charge in [-0.15, -0.1) is 0 Å². The molecule has 0 spiro atoms. The first kappa shape index (κ1) is 23.1. The first-order chi connectivity index (χ1) is 16.1. The second-order valence-electron chi connectivity index (χ2n) is 8.53. The molecule has 6 nitrogen and oxygen atoms in total. The number of hydrogen-bond donors (Lipinski definition) is 2. The molecule has 1 aliphatic heterocycles. The molecule has 2 aromatic carbocycles. The zero-order chi connectivity index (χ0) is 23.3. The molecule has 2 atom stereocenters. The van der Waals surface area contributed by atoms with Crippen LogP contribution in [0.1, 0.15) is 30.4 Å². The fraction of sp³-hybridized carbons (Fsp3) is 0.370. The maximum atomic E-state index is 13.6. The molecule has 0 bridgehead atoms. The summed E-state index contributed by atoms with van der Waals surface area (Å²) in [7, 11) is 3.19. The van der Waals surface area contributed by atoms with Crippen molar-refractivity contribution in [2.75, 3.05) is 27.3 Å². The lowest BCUT2D eigenvalue weighted by Crippen LogP contribution is -2.59. The molecule has 1 saturated heterocycles. The van der Waals surface area contributed by atoms with E-state index in [1.54, 1.807) is 19.2 Å². The predicted molar refractivity (Wildman–Crippen MR) is 129 cm³/mol. The van der Waals surface area contributed by atoms with Crippen LogP contribution in [0.5, 0.6) is 11.5 Å². The van der Waals surface area contributed by atoms with E-state index in [0.717, 1.165) is 42.6 Å². The van der Waals surface area contributed by atoms with Gasteiger partial charge in [-0.05, 0) is 47.8 Å². The van der Waals surface area contributed by atoms with Gasteiger partial charge in [0.2, 0.25) is 5.91 Å². The van der Waals surface area contributed by atoms with Crippen LogP contribution in [0.2, 0.25) is 0 Å². The minimum atomic E-state index is -0.829. The molecule has 2 aromatic rings. The molecule has 0 saturated carbocycles. The number of nitrogens with one attached hydrogen (secondary N) is 1. The summed E-state index contributed by atoms with van der Waals surface area (Å²) < 4.78 is 11.2. The Morgan fingerprint density at radius 1 is 1.12 bits per heavy atom. The molecule has 4 rings (SSSR count). The molecule has 2 N–H and O–H groups in total.